The lowest BCUT2D eigenvalue weighted by Gasteiger charge is -2.07. The largest absolute Gasteiger partial charge is 0.350 e. The van der Waals surface area contributed by atoms with Gasteiger partial charge in [-0.15, -0.1) is 11.3 Å². The van der Waals surface area contributed by atoms with Crippen LogP contribution in [-0.4, -0.2) is 27.2 Å². The molecule has 0 bridgehead atoms. The van der Waals surface area contributed by atoms with Crippen LogP contribution in [0, 0.1) is 0 Å². The molecule has 0 fully saturated rings. The molecule has 0 saturated heterocycles. The summed E-state index contributed by atoms with van der Waals surface area (Å²) in [5, 5.41) is 7.52. The van der Waals surface area contributed by atoms with Crippen molar-refractivity contribution in [3.05, 3.63) is 58.3 Å². The first-order valence-electron chi connectivity index (χ1n) is 8.19. The van der Waals surface area contributed by atoms with Gasteiger partial charge in [0.05, 0.1) is 9.21 Å². The van der Waals surface area contributed by atoms with E-state index < -0.39 is 0 Å². The van der Waals surface area contributed by atoms with Gasteiger partial charge >= 0.3 is 0 Å². The standard InChI is InChI=1S/C18H19ClN4OS/c1-2-11-23-15(12-14(22-23)16-6-7-17(19)25-16)18(24)21-10-8-13-5-3-4-9-20-13/h3-7,9,12H,2,8,10-11H2,1H3,(H,21,24). The van der Waals surface area contributed by atoms with Crippen LogP contribution in [0.25, 0.3) is 10.6 Å². The van der Waals surface area contributed by atoms with Crippen molar-refractivity contribution in [3.63, 3.8) is 0 Å². The number of thiophene rings is 1. The van der Waals surface area contributed by atoms with Crippen molar-refractivity contribution in [2.45, 2.75) is 26.3 Å². The first-order chi connectivity index (χ1) is 12.2. The summed E-state index contributed by atoms with van der Waals surface area (Å²) in [6.07, 6.45) is 3.36. The molecule has 5 nitrogen and oxygen atoms in total. The highest BCUT2D eigenvalue weighted by Crippen LogP contribution is 2.30. The monoisotopic (exact) mass is 374 g/mol. The number of nitrogens with zero attached hydrogens (tertiary/aromatic N) is 3. The second-order valence-electron chi connectivity index (χ2n) is 5.57. The normalized spacial score (nSPS) is 10.8. The lowest BCUT2D eigenvalue weighted by Crippen LogP contribution is -2.28. The van der Waals surface area contributed by atoms with E-state index in [-0.39, 0.29) is 5.91 Å². The smallest absolute Gasteiger partial charge is 0.269 e. The maximum Gasteiger partial charge on any atom is 0.269 e. The second-order valence-corrected chi connectivity index (χ2v) is 7.28. The molecule has 0 aliphatic carbocycles. The number of hydrogen-bond acceptors (Lipinski definition) is 4. The number of pyridine rings is 1. The molecular weight excluding hydrogens is 356 g/mol. The van der Waals surface area contributed by atoms with Gasteiger partial charge in [-0.1, -0.05) is 24.6 Å². The van der Waals surface area contributed by atoms with E-state index in [1.165, 1.54) is 11.3 Å². The van der Waals surface area contributed by atoms with Crippen molar-refractivity contribution in [1.29, 1.82) is 0 Å². The number of amides is 1. The molecular formula is C18H19ClN4OS. The van der Waals surface area contributed by atoms with E-state index in [9.17, 15) is 4.79 Å². The highest BCUT2D eigenvalue weighted by atomic mass is 35.5. The van der Waals surface area contributed by atoms with Gasteiger partial charge in [-0.2, -0.15) is 5.10 Å². The maximum absolute atomic E-state index is 12.6. The first kappa shape index (κ1) is 17.6. The van der Waals surface area contributed by atoms with Crippen molar-refractivity contribution in [2.75, 3.05) is 6.54 Å². The van der Waals surface area contributed by atoms with E-state index in [4.69, 9.17) is 11.6 Å². The Hall–Kier alpha value is -2.18. The van der Waals surface area contributed by atoms with Crippen LogP contribution in [0.2, 0.25) is 4.34 Å². The van der Waals surface area contributed by atoms with Crippen molar-refractivity contribution in [2.24, 2.45) is 0 Å². The third kappa shape index (κ3) is 4.46. The van der Waals surface area contributed by atoms with E-state index >= 15 is 0 Å². The quantitative estimate of drug-likeness (QED) is 0.678. The predicted molar refractivity (Wildman–Crippen MR) is 101 cm³/mol. The zero-order valence-corrected chi connectivity index (χ0v) is 15.5. The molecule has 0 radical (unpaired) electrons. The highest BCUT2D eigenvalue weighted by molar-refractivity contribution is 7.19. The Morgan fingerprint density at radius 3 is 2.88 bits per heavy atom. The van der Waals surface area contributed by atoms with Crippen LogP contribution in [0.3, 0.4) is 0 Å². The number of nitrogens with one attached hydrogen (secondary N) is 1. The third-order valence-corrected chi connectivity index (χ3v) is 4.92. The molecule has 7 heteroatoms. The number of aromatic nitrogens is 3. The van der Waals surface area contributed by atoms with Crippen molar-refractivity contribution in [1.82, 2.24) is 20.1 Å². The molecule has 130 valence electrons. The highest BCUT2D eigenvalue weighted by Gasteiger charge is 2.16. The number of halogens is 1. The summed E-state index contributed by atoms with van der Waals surface area (Å²) in [6.45, 7) is 3.29. The van der Waals surface area contributed by atoms with Crippen molar-refractivity contribution >= 4 is 28.8 Å². The zero-order valence-electron chi connectivity index (χ0n) is 13.9. The average Bonchev–Trinajstić information content (AvgIpc) is 3.22. The van der Waals surface area contributed by atoms with Gasteiger partial charge in [0.1, 0.15) is 11.4 Å². The van der Waals surface area contributed by atoms with Gasteiger partial charge in [-0.05, 0) is 36.8 Å². The Labute approximate surface area is 155 Å². The summed E-state index contributed by atoms with van der Waals surface area (Å²) < 4.78 is 2.47. The number of hydrogen-bond donors (Lipinski definition) is 1. The summed E-state index contributed by atoms with van der Waals surface area (Å²) >= 11 is 7.46. The molecule has 0 aliphatic heterocycles. The molecule has 3 aromatic rings. The van der Waals surface area contributed by atoms with Crippen LogP contribution >= 0.6 is 22.9 Å². The van der Waals surface area contributed by atoms with Gasteiger partial charge < -0.3 is 5.32 Å². The Morgan fingerprint density at radius 1 is 1.32 bits per heavy atom. The predicted octanol–water partition coefficient (Wildman–Crippen LogP) is 4.04. The van der Waals surface area contributed by atoms with E-state index in [2.05, 4.69) is 22.3 Å². The summed E-state index contributed by atoms with van der Waals surface area (Å²) in [5.74, 6) is -0.120. The first-order valence-corrected chi connectivity index (χ1v) is 9.38. The van der Waals surface area contributed by atoms with Crippen LogP contribution in [0.1, 0.15) is 29.5 Å². The second kappa shape index (κ2) is 8.27. The summed E-state index contributed by atoms with van der Waals surface area (Å²) in [6, 6.07) is 11.4. The third-order valence-electron chi connectivity index (χ3n) is 3.67. The van der Waals surface area contributed by atoms with Gasteiger partial charge in [0, 0.05) is 31.4 Å². The molecule has 3 rings (SSSR count). The molecule has 0 unspecified atom stereocenters. The summed E-state index contributed by atoms with van der Waals surface area (Å²) in [5.41, 5.74) is 2.31. The minimum atomic E-state index is -0.120. The molecule has 1 amide bonds. The molecule has 0 aliphatic rings. The number of carbonyl (C=O) groups excluding carboxylic acids is 1. The van der Waals surface area contributed by atoms with Gasteiger partial charge in [-0.3, -0.25) is 14.5 Å². The van der Waals surface area contributed by atoms with E-state index in [0.717, 1.165) is 22.7 Å². The molecule has 3 aromatic heterocycles. The fraction of sp³-hybridized carbons (Fsp3) is 0.278. The number of aryl methyl sites for hydroxylation is 1. The molecule has 0 atom stereocenters. The van der Waals surface area contributed by atoms with Crippen LogP contribution in [0.15, 0.2) is 42.6 Å². The number of rotatable bonds is 7. The Bertz CT molecular complexity index is 844. The van der Waals surface area contributed by atoms with Gasteiger partial charge in [0.2, 0.25) is 0 Å². The molecule has 25 heavy (non-hydrogen) atoms. The Morgan fingerprint density at radius 2 is 2.20 bits per heavy atom. The zero-order chi connectivity index (χ0) is 17.6. The molecule has 1 N–H and O–H groups in total. The van der Waals surface area contributed by atoms with Crippen LogP contribution in [0.4, 0.5) is 0 Å². The molecule has 0 saturated carbocycles. The van der Waals surface area contributed by atoms with Gasteiger partial charge in [0.15, 0.2) is 0 Å². The fourth-order valence-electron chi connectivity index (χ4n) is 2.49. The average molecular weight is 375 g/mol. The SMILES string of the molecule is CCCn1nc(-c2ccc(Cl)s2)cc1C(=O)NCCc1ccccn1. The molecule has 0 aromatic carbocycles. The maximum atomic E-state index is 12.6. The molecule has 3 heterocycles. The lowest BCUT2D eigenvalue weighted by molar-refractivity contribution is 0.0943. The van der Waals surface area contributed by atoms with Crippen molar-refractivity contribution < 1.29 is 4.79 Å². The van der Waals surface area contributed by atoms with Gasteiger partial charge in [-0.25, -0.2) is 0 Å². The Balaban J connectivity index is 1.71. The van der Waals surface area contributed by atoms with Crippen molar-refractivity contribution in [3.8, 4) is 10.6 Å². The van der Waals surface area contributed by atoms with Gasteiger partial charge in [0.25, 0.3) is 5.91 Å². The lowest BCUT2D eigenvalue weighted by atomic mass is 10.2. The Kier molecular flexibility index (Phi) is 5.83. The topological polar surface area (TPSA) is 59.8 Å². The molecule has 0 spiro atoms. The summed E-state index contributed by atoms with van der Waals surface area (Å²) in [7, 11) is 0. The van der Waals surface area contributed by atoms with E-state index in [1.54, 1.807) is 10.9 Å². The van der Waals surface area contributed by atoms with Crippen LogP contribution in [-0.2, 0) is 13.0 Å². The van der Waals surface area contributed by atoms with E-state index in [0.29, 0.717) is 29.5 Å². The summed E-state index contributed by atoms with van der Waals surface area (Å²) in [4.78, 5) is 17.8. The van der Waals surface area contributed by atoms with E-state index in [1.807, 2.05) is 36.4 Å². The minimum Gasteiger partial charge on any atom is -0.350 e. The minimum absolute atomic E-state index is 0.120. The van der Waals surface area contributed by atoms with Crippen LogP contribution < -0.4 is 5.32 Å². The fourth-order valence-corrected chi connectivity index (χ4v) is 3.49. The number of carbonyl (C=O) groups is 1. The van der Waals surface area contributed by atoms with Crippen LogP contribution in [0.5, 0.6) is 0 Å².